The van der Waals surface area contributed by atoms with Gasteiger partial charge in [0, 0.05) is 0 Å². The molecule has 19 heavy (non-hydrogen) atoms. The molecule has 2 rings (SSSR count). The number of hydrogen-bond acceptors (Lipinski definition) is 4. The number of rotatable bonds is 3. The van der Waals surface area contributed by atoms with E-state index >= 15 is 0 Å². The molecule has 1 N–H and O–H groups in total. The molecule has 1 aromatic carbocycles. The number of halogens is 1. The third-order valence-corrected chi connectivity index (χ3v) is 2.64. The molecule has 0 spiro atoms. The Bertz CT molecular complexity index is 653. The zero-order valence-corrected chi connectivity index (χ0v) is 11.2. The largest absolute Gasteiger partial charge is 0.444 e. The Labute approximate surface area is 117 Å². The molecule has 0 unspecified atom stereocenters. The molecule has 1 aromatic heterocycles. The maximum absolute atomic E-state index is 11.6. The van der Waals surface area contributed by atoms with Crippen LogP contribution in [-0.2, 0) is 0 Å². The molecule has 0 aliphatic carbocycles. The first-order valence-corrected chi connectivity index (χ1v) is 6.07. The van der Waals surface area contributed by atoms with Crippen molar-refractivity contribution in [1.29, 1.82) is 5.26 Å². The number of nitriles is 1. The minimum atomic E-state index is -0.435. The summed E-state index contributed by atoms with van der Waals surface area (Å²) in [4.78, 5) is 11.6. The maximum Gasteiger partial charge on any atom is 0.307 e. The predicted octanol–water partition coefficient (Wildman–Crippen LogP) is 2.68. The fourth-order valence-electron chi connectivity index (χ4n) is 1.30. The third-order valence-electron chi connectivity index (χ3n) is 2.22. The zero-order chi connectivity index (χ0) is 13.7. The van der Waals surface area contributed by atoms with Gasteiger partial charge >= 0.3 is 5.91 Å². The van der Waals surface area contributed by atoms with E-state index in [1.54, 1.807) is 30.3 Å². The van der Waals surface area contributed by atoms with Gasteiger partial charge in [0.15, 0.2) is 10.4 Å². The highest BCUT2D eigenvalue weighted by Gasteiger charge is 2.08. The highest BCUT2D eigenvalue weighted by Crippen LogP contribution is 2.13. The van der Waals surface area contributed by atoms with Crippen LogP contribution in [0.2, 0.25) is 0 Å². The number of nitrogens with one attached hydrogen (secondary N) is 1. The Morgan fingerprint density at radius 2 is 2.05 bits per heavy atom. The maximum atomic E-state index is 11.6. The van der Waals surface area contributed by atoms with E-state index in [1.807, 2.05) is 6.07 Å². The van der Waals surface area contributed by atoms with E-state index in [9.17, 15) is 4.79 Å². The minimum Gasteiger partial charge on any atom is -0.444 e. The second-order valence-electron chi connectivity index (χ2n) is 3.54. The number of furan rings is 1. The van der Waals surface area contributed by atoms with Gasteiger partial charge < -0.3 is 4.42 Å². The molecule has 0 fully saturated rings. The molecular weight excluding hydrogens is 310 g/mol. The van der Waals surface area contributed by atoms with Gasteiger partial charge in [0.1, 0.15) is 0 Å². The highest BCUT2D eigenvalue weighted by molar-refractivity contribution is 9.10. The summed E-state index contributed by atoms with van der Waals surface area (Å²) in [6.45, 7) is 0. The van der Waals surface area contributed by atoms with E-state index < -0.39 is 5.91 Å². The van der Waals surface area contributed by atoms with Crippen LogP contribution < -0.4 is 5.43 Å². The van der Waals surface area contributed by atoms with Crippen LogP contribution in [0.1, 0.15) is 21.7 Å². The van der Waals surface area contributed by atoms with Gasteiger partial charge in [-0.3, -0.25) is 4.79 Å². The Kier molecular flexibility index (Phi) is 4.11. The Hall–Kier alpha value is -2.39. The average Bonchev–Trinajstić information content (AvgIpc) is 2.86. The van der Waals surface area contributed by atoms with Crippen molar-refractivity contribution in [2.45, 2.75) is 0 Å². The molecule has 5 nitrogen and oxygen atoms in total. The topological polar surface area (TPSA) is 78.4 Å². The first-order valence-electron chi connectivity index (χ1n) is 5.28. The van der Waals surface area contributed by atoms with E-state index in [-0.39, 0.29) is 5.76 Å². The molecular formula is C13H8BrN3O2. The van der Waals surface area contributed by atoms with Crippen LogP contribution in [0.5, 0.6) is 0 Å². The van der Waals surface area contributed by atoms with E-state index in [4.69, 9.17) is 9.68 Å². The van der Waals surface area contributed by atoms with Crippen molar-refractivity contribution in [3.63, 3.8) is 0 Å². The highest BCUT2D eigenvalue weighted by atomic mass is 79.9. The van der Waals surface area contributed by atoms with Crippen LogP contribution in [0, 0.1) is 11.3 Å². The fourth-order valence-corrected chi connectivity index (χ4v) is 1.61. The Morgan fingerprint density at radius 3 is 2.63 bits per heavy atom. The van der Waals surface area contributed by atoms with Crippen molar-refractivity contribution in [2.75, 3.05) is 0 Å². The van der Waals surface area contributed by atoms with Crippen molar-refractivity contribution in [1.82, 2.24) is 5.43 Å². The summed E-state index contributed by atoms with van der Waals surface area (Å²) in [6.07, 6.45) is 1.48. The molecule has 0 radical (unpaired) electrons. The molecule has 6 heteroatoms. The summed E-state index contributed by atoms with van der Waals surface area (Å²) in [7, 11) is 0. The number of carbonyl (C=O) groups is 1. The number of hydrazone groups is 1. The summed E-state index contributed by atoms with van der Waals surface area (Å²) in [6, 6.07) is 12.0. The van der Waals surface area contributed by atoms with Gasteiger partial charge in [-0.15, -0.1) is 0 Å². The Balaban J connectivity index is 1.96. The predicted molar refractivity (Wildman–Crippen MR) is 72.6 cm³/mol. The smallest absolute Gasteiger partial charge is 0.307 e. The van der Waals surface area contributed by atoms with E-state index in [0.717, 1.165) is 5.56 Å². The van der Waals surface area contributed by atoms with E-state index in [1.165, 1.54) is 12.3 Å². The monoisotopic (exact) mass is 317 g/mol. The standard InChI is InChI=1S/C13H8BrN3O2/c14-12-6-5-11(19-12)13(18)17-16-8-10-3-1-9(7-15)2-4-10/h1-6,8H,(H,17,18)/b16-8+. The molecule has 1 heterocycles. The molecule has 94 valence electrons. The SMILES string of the molecule is N#Cc1ccc(/C=N/NC(=O)c2ccc(Br)o2)cc1. The second-order valence-corrected chi connectivity index (χ2v) is 4.32. The molecule has 1 amide bonds. The average molecular weight is 318 g/mol. The number of benzene rings is 1. The van der Waals surface area contributed by atoms with Gasteiger partial charge in [-0.25, -0.2) is 5.43 Å². The van der Waals surface area contributed by atoms with Crippen molar-refractivity contribution in [3.8, 4) is 6.07 Å². The molecule has 0 atom stereocenters. The summed E-state index contributed by atoms with van der Waals surface area (Å²) in [5.41, 5.74) is 3.69. The van der Waals surface area contributed by atoms with Crippen molar-refractivity contribution < 1.29 is 9.21 Å². The van der Waals surface area contributed by atoms with Crippen LogP contribution in [0.15, 0.2) is 50.6 Å². The molecule has 0 aliphatic heterocycles. The van der Waals surface area contributed by atoms with Crippen molar-refractivity contribution in [3.05, 3.63) is 58.0 Å². The number of amides is 1. The quantitative estimate of drug-likeness (QED) is 0.698. The summed E-state index contributed by atoms with van der Waals surface area (Å²) >= 11 is 3.11. The lowest BCUT2D eigenvalue weighted by molar-refractivity contribution is 0.0926. The fraction of sp³-hybridized carbons (Fsp3) is 0. The Morgan fingerprint density at radius 1 is 1.32 bits per heavy atom. The lowest BCUT2D eigenvalue weighted by atomic mass is 10.2. The molecule has 0 saturated heterocycles. The van der Waals surface area contributed by atoms with E-state index in [2.05, 4.69) is 26.5 Å². The van der Waals surface area contributed by atoms with Gasteiger partial charge in [0.2, 0.25) is 0 Å². The van der Waals surface area contributed by atoms with Crippen LogP contribution in [0.25, 0.3) is 0 Å². The van der Waals surface area contributed by atoms with E-state index in [0.29, 0.717) is 10.2 Å². The summed E-state index contributed by atoms with van der Waals surface area (Å²) in [5.74, 6) is -0.264. The van der Waals surface area contributed by atoms with Crippen LogP contribution in [0.4, 0.5) is 0 Å². The summed E-state index contributed by atoms with van der Waals surface area (Å²) in [5, 5.41) is 12.5. The van der Waals surface area contributed by atoms with Crippen molar-refractivity contribution >= 4 is 28.1 Å². The van der Waals surface area contributed by atoms with Gasteiger partial charge in [0.05, 0.1) is 17.8 Å². The molecule has 0 saturated carbocycles. The number of carbonyl (C=O) groups excluding carboxylic acids is 1. The number of nitrogens with zero attached hydrogens (tertiary/aromatic N) is 2. The van der Waals surface area contributed by atoms with Crippen LogP contribution >= 0.6 is 15.9 Å². The second kappa shape index (κ2) is 5.98. The summed E-state index contributed by atoms with van der Waals surface area (Å²) < 4.78 is 5.55. The zero-order valence-electron chi connectivity index (χ0n) is 9.63. The molecule has 0 bridgehead atoms. The third kappa shape index (κ3) is 3.53. The van der Waals surface area contributed by atoms with Gasteiger partial charge in [0.25, 0.3) is 0 Å². The van der Waals surface area contributed by atoms with Crippen LogP contribution in [-0.4, -0.2) is 12.1 Å². The lowest BCUT2D eigenvalue weighted by Crippen LogP contribution is -2.16. The molecule has 2 aromatic rings. The molecule has 0 aliphatic rings. The van der Waals surface area contributed by atoms with Gasteiger partial charge in [-0.05, 0) is 45.8 Å². The lowest BCUT2D eigenvalue weighted by Gasteiger charge is -1.95. The normalized spacial score (nSPS) is 10.3. The first kappa shape index (κ1) is 13.1. The first-order chi connectivity index (χ1) is 9.19. The van der Waals surface area contributed by atoms with Gasteiger partial charge in [-0.2, -0.15) is 10.4 Å². The van der Waals surface area contributed by atoms with Crippen molar-refractivity contribution in [2.24, 2.45) is 5.10 Å². The minimum absolute atomic E-state index is 0.170. The van der Waals surface area contributed by atoms with Crippen LogP contribution in [0.3, 0.4) is 0 Å². The van der Waals surface area contributed by atoms with Gasteiger partial charge in [-0.1, -0.05) is 12.1 Å². The number of hydrogen-bond donors (Lipinski definition) is 1.